The molecule has 1 N–H and O–H groups in total. The average molecular weight is 533 g/mol. The van der Waals surface area contributed by atoms with E-state index in [0.717, 1.165) is 12.1 Å². The van der Waals surface area contributed by atoms with Gasteiger partial charge in [0.25, 0.3) is 0 Å². The minimum atomic E-state index is -4.04. The Labute approximate surface area is 210 Å². The second-order valence-corrected chi connectivity index (χ2v) is 10.3. The maximum Gasteiger partial charge on any atom is 0.306 e. The molecule has 0 atom stereocenters. The third kappa shape index (κ3) is 5.57. The lowest BCUT2D eigenvalue weighted by Gasteiger charge is -2.30. The number of carbonyl (C=O) groups is 1. The molecule has 0 spiro atoms. The van der Waals surface area contributed by atoms with Gasteiger partial charge in [-0.25, -0.2) is 12.8 Å². The number of sulfonamides is 1. The van der Waals surface area contributed by atoms with Gasteiger partial charge in [0, 0.05) is 36.3 Å². The Morgan fingerprint density at radius 1 is 1.16 bits per heavy atom. The Morgan fingerprint density at radius 3 is 2.54 bits per heavy atom. The summed E-state index contributed by atoms with van der Waals surface area (Å²) >= 11 is 0. The first-order valence-corrected chi connectivity index (χ1v) is 12.7. The van der Waals surface area contributed by atoms with Gasteiger partial charge in [-0.1, -0.05) is 23.4 Å². The summed E-state index contributed by atoms with van der Waals surface area (Å²) in [4.78, 5) is 22.6. The second-order valence-electron chi connectivity index (χ2n) is 8.41. The molecule has 0 bridgehead atoms. The van der Waals surface area contributed by atoms with Gasteiger partial charge in [-0.2, -0.15) is 8.70 Å². The van der Waals surface area contributed by atoms with Crippen LogP contribution in [-0.4, -0.2) is 41.8 Å². The normalized spacial score (nSPS) is 15.2. The molecule has 1 aromatic heterocycles. The summed E-state index contributed by atoms with van der Waals surface area (Å²) in [7, 11) is -4.04. The summed E-state index contributed by atoms with van der Waals surface area (Å²) in [5.74, 6) is -2.55. The maximum absolute atomic E-state index is 13.9. The number of nitrogens with one attached hydrogen (secondary N) is 1. The molecule has 4 rings (SSSR count). The molecule has 2 heterocycles. The average Bonchev–Trinajstić information content (AvgIpc) is 3.25. The zero-order chi connectivity index (χ0) is 26.7. The summed E-state index contributed by atoms with van der Waals surface area (Å²) in [6, 6.07) is 9.02. The number of nitro groups is 1. The largest absolute Gasteiger partial charge is 0.355 e. The SMILES string of the molecule is Cc1noc(/C=C/c2ccccc2F)c1S(=O)(=O)N1CCC(C(=O)Nc2ccc(F)c([N+](=O)[O-])c2)CC1. The highest BCUT2D eigenvalue weighted by Crippen LogP contribution is 2.30. The first-order valence-electron chi connectivity index (χ1n) is 11.2. The van der Waals surface area contributed by atoms with E-state index in [4.69, 9.17) is 4.52 Å². The van der Waals surface area contributed by atoms with Gasteiger partial charge in [-0.3, -0.25) is 14.9 Å². The lowest BCUT2D eigenvalue weighted by Crippen LogP contribution is -2.41. The first-order chi connectivity index (χ1) is 17.6. The van der Waals surface area contributed by atoms with Gasteiger partial charge < -0.3 is 9.84 Å². The molecule has 10 nitrogen and oxygen atoms in total. The quantitative estimate of drug-likeness (QED) is 0.352. The van der Waals surface area contributed by atoms with E-state index in [1.165, 1.54) is 47.6 Å². The van der Waals surface area contributed by atoms with Crippen LogP contribution in [0.25, 0.3) is 12.2 Å². The summed E-state index contributed by atoms with van der Waals surface area (Å²) in [5.41, 5.74) is -0.300. The van der Waals surface area contributed by atoms with Crippen molar-refractivity contribution in [3.63, 3.8) is 0 Å². The van der Waals surface area contributed by atoms with Crippen molar-refractivity contribution in [1.82, 2.24) is 9.46 Å². The van der Waals surface area contributed by atoms with Crippen LogP contribution >= 0.6 is 0 Å². The van der Waals surface area contributed by atoms with E-state index in [9.17, 15) is 32.1 Å². The summed E-state index contributed by atoms with van der Waals surface area (Å²) in [6.45, 7) is 1.55. The zero-order valence-electron chi connectivity index (χ0n) is 19.6. The number of hydrogen-bond acceptors (Lipinski definition) is 7. The fraction of sp³-hybridized carbons (Fsp3) is 0.250. The van der Waals surface area contributed by atoms with Crippen molar-refractivity contribution < 1.29 is 31.4 Å². The number of anilines is 1. The van der Waals surface area contributed by atoms with Crippen molar-refractivity contribution in [3.05, 3.63) is 81.2 Å². The number of amides is 1. The molecule has 1 aliphatic heterocycles. The number of aromatic nitrogens is 1. The van der Waals surface area contributed by atoms with Gasteiger partial charge in [0.15, 0.2) is 10.7 Å². The molecule has 2 aromatic carbocycles. The fourth-order valence-corrected chi connectivity index (χ4v) is 5.76. The molecule has 13 heteroatoms. The molecule has 0 aliphatic carbocycles. The summed E-state index contributed by atoms with van der Waals surface area (Å²) in [6.07, 6.45) is 3.12. The van der Waals surface area contributed by atoms with Crippen LogP contribution in [-0.2, 0) is 14.8 Å². The maximum atomic E-state index is 13.9. The third-order valence-corrected chi connectivity index (χ3v) is 8.04. The fourth-order valence-electron chi connectivity index (χ4n) is 4.04. The van der Waals surface area contributed by atoms with Crippen molar-refractivity contribution in [1.29, 1.82) is 0 Å². The Kier molecular flexibility index (Phi) is 7.45. The standard InChI is InChI=1S/C24H22F2N4O6S/c1-15-23(22(36-28-15)9-6-16-4-2-3-5-19(16)25)37(34,35)29-12-10-17(11-13-29)24(31)27-18-7-8-20(26)21(14-18)30(32)33/h2-9,14,17H,10-13H2,1H3,(H,27,31)/b9-6+. The minimum Gasteiger partial charge on any atom is -0.355 e. The number of hydrogen-bond donors (Lipinski definition) is 1. The number of rotatable bonds is 7. The highest BCUT2D eigenvalue weighted by atomic mass is 32.2. The van der Waals surface area contributed by atoms with Crippen molar-refractivity contribution in [2.75, 3.05) is 18.4 Å². The number of carbonyl (C=O) groups excluding carboxylic acids is 1. The molecule has 37 heavy (non-hydrogen) atoms. The molecule has 1 amide bonds. The number of nitrogens with zero attached hydrogens (tertiary/aromatic N) is 3. The number of halogens is 2. The Balaban J connectivity index is 1.45. The molecule has 1 aliphatic rings. The van der Waals surface area contributed by atoms with Gasteiger partial charge in [-0.05, 0) is 50.1 Å². The minimum absolute atomic E-state index is 0.0328. The molecule has 3 aromatic rings. The van der Waals surface area contributed by atoms with Crippen molar-refractivity contribution in [3.8, 4) is 0 Å². The van der Waals surface area contributed by atoms with E-state index in [2.05, 4.69) is 10.5 Å². The smallest absolute Gasteiger partial charge is 0.306 e. The number of benzene rings is 2. The van der Waals surface area contributed by atoms with Gasteiger partial charge in [-0.15, -0.1) is 0 Å². The van der Waals surface area contributed by atoms with E-state index in [1.54, 1.807) is 6.07 Å². The molecular weight excluding hydrogens is 510 g/mol. The van der Waals surface area contributed by atoms with Crippen LogP contribution in [0.4, 0.5) is 20.2 Å². The van der Waals surface area contributed by atoms with Crippen LogP contribution in [0.15, 0.2) is 51.9 Å². The van der Waals surface area contributed by atoms with Crippen LogP contribution in [0.5, 0.6) is 0 Å². The highest BCUT2D eigenvalue weighted by Gasteiger charge is 2.36. The highest BCUT2D eigenvalue weighted by molar-refractivity contribution is 7.89. The van der Waals surface area contributed by atoms with Gasteiger partial charge in [0.05, 0.1) is 4.92 Å². The third-order valence-electron chi connectivity index (χ3n) is 5.99. The number of piperidine rings is 1. The van der Waals surface area contributed by atoms with Gasteiger partial charge in [0.1, 0.15) is 11.5 Å². The predicted molar refractivity (Wildman–Crippen MR) is 130 cm³/mol. The van der Waals surface area contributed by atoms with Crippen molar-refractivity contribution >= 4 is 39.5 Å². The van der Waals surface area contributed by atoms with Crippen LogP contribution in [0, 0.1) is 34.6 Å². The Morgan fingerprint density at radius 2 is 1.86 bits per heavy atom. The monoisotopic (exact) mass is 532 g/mol. The number of aryl methyl sites for hydroxylation is 1. The molecule has 194 valence electrons. The van der Waals surface area contributed by atoms with E-state index in [0.29, 0.717) is 0 Å². The first kappa shape index (κ1) is 26.1. The summed E-state index contributed by atoms with van der Waals surface area (Å²) < 4.78 is 60.7. The van der Waals surface area contributed by atoms with Crippen LogP contribution < -0.4 is 5.32 Å². The molecule has 0 unspecified atom stereocenters. The van der Waals surface area contributed by atoms with Crippen LogP contribution in [0.2, 0.25) is 0 Å². The van der Waals surface area contributed by atoms with Crippen LogP contribution in [0.3, 0.4) is 0 Å². The van der Waals surface area contributed by atoms with E-state index in [1.807, 2.05) is 0 Å². The summed E-state index contributed by atoms with van der Waals surface area (Å²) in [5, 5.41) is 17.2. The Bertz CT molecular complexity index is 1480. The lowest BCUT2D eigenvalue weighted by molar-refractivity contribution is -0.387. The number of nitro benzene ring substituents is 1. The van der Waals surface area contributed by atoms with Crippen molar-refractivity contribution in [2.24, 2.45) is 5.92 Å². The second kappa shape index (κ2) is 10.6. The van der Waals surface area contributed by atoms with E-state index >= 15 is 0 Å². The molecule has 1 saturated heterocycles. The van der Waals surface area contributed by atoms with Crippen LogP contribution in [0.1, 0.15) is 29.9 Å². The zero-order valence-corrected chi connectivity index (χ0v) is 20.4. The molecular formula is C24H22F2N4O6S. The van der Waals surface area contributed by atoms with Crippen molar-refractivity contribution in [2.45, 2.75) is 24.7 Å². The van der Waals surface area contributed by atoms with E-state index in [-0.39, 0.29) is 53.5 Å². The molecule has 0 radical (unpaired) electrons. The Hall–Kier alpha value is -3.97. The molecule has 0 saturated carbocycles. The lowest BCUT2D eigenvalue weighted by atomic mass is 9.97. The topological polar surface area (TPSA) is 136 Å². The van der Waals surface area contributed by atoms with Gasteiger partial charge in [0.2, 0.25) is 21.7 Å². The van der Waals surface area contributed by atoms with Gasteiger partial charge >= 0.3 is 5.69 Å². The van der Waals surface area contributed by atoms with E-state index < -0.39 is 44.1 Å². The predicted octanol–water partition coefficient (Wildman–Crippen LogP) is 4.38. The molecule has 1 fully saturated rings.